The third-order valence-corrected chi connectivity index (χ3v) is 5.62. The van der Waals surface area contributed by atoms with Crippen LogP contribution in [0.1, 0.15) is 27.2 Å². The topological polar surface area (TPSA) is 45.2 Å². The molecule has 2 atom stereocenters. The highest BCUT2D eigenvalue weighted by molar-refractivity contribution is 5.67. The number of hydrogen-bond acceptors (Lipinski definition) is 5. The molecule has 1 amide bonds. The number of morpholine rings is 1. The molecule has 0 aromatic heterocycles. The fourth-order valence-corrected chi connectivity index (χ4v) is 4.11. The van der Waals surface area contributed by atoms with Crippen molar-refractivity contribution in [2.75, 3.05) is 65.6 Å². The number of rotatable bonds is 4. The number of ether oxygens (including phenoxy) is 2. The fourth-order valence-electron chi connectivity index (χ4n) is 4.11. The van der Waals surface area contributed by atoms with Crippen LogP contribution in [0.5, 0.6) is 0 Å². The molecule has 0 unspecified atom stereocenters. The van der Waals surface area contributed by atoms with Gasteiger partial charge in [-0.25, -0.2) is 4.79 Å². The van der Waals surface area contributed by atoms with Gasteiger partial charge in [0.1, 0.15) is 0 Å². The summed E-state index contributed by atoms with van der Waals surface area (Å²) in [4.78, 5) is 18.8. The van der Waals surface area contributed by atoms with Crippen LogP contribution in [0.3, 0.4) is 0 Å². The van der Waals surface area contributed by atoms with Gasteiger partial charge in [0.2, 0.25) is 0 Å². The Morgan fingerprint density at radius 1 is 1.08 bits per heavy atom. The van der Waals surface area contributed by atoms with Crippen LogP contribution in [0.25, 0.3) is 0 Å². The predicted octanol–water partition coefficient (Wildman–Crippen LogP) is 1.51. The highest BCUT2D eigenvalue weighted by atomic mass is 16.6. The molecule has 3 rings (SSSR count). The second-order valence-electron chi connectivity index (χ2n) is 8.42. The number of likely N-dealkylation sites (tertiary alicyclic amines) is 2. The molecule has 3 aliphatic heterocycles. The van der Waals surface area contributed by atoms with E-state index in [0.717, 1.165) is 24.8 Å². The van der Waals surface area contributed by atoms with Gasteiger partial charge in [-0.1, -0.05) is 0 Å². The van der Waals surface area contributed by atoms with Crippen molar-refractivity contribution in [1.29, 1.82) is 0 Å². The van der Waals surface area contributed by atoms with Crippen molar-refractivity contribution in [2.24, 2.45) is 11.8 Å². The van der Waals surface area contributed by atoms with E-state index < -0.39 is 0 Å². The van der Waals surface area contributed by atoms with Crippen molar-refractivity contribution in [3.05, 3.63) is 0 Å². The first kappa shape index (κ1) is 18.0. The van der Waals surface area contributed by atoms with Crippen LogP contribution in [0, 0.1) is 11.8 Å². The molecule has 6 nitrogen and oxygen atoms in total. The number of amides is 1. The molecule has 3 fully saturated rings. The third-order valence-electron chi connectivity index (χ3n) is 5.62. The minimum atomic E-state index is -0.183. The normalized spacial score (nSPS) is 29.0. The van der Waals surface area contributed by atoms with Crippen LogP contribution in [0.15, 0.2) is 0 Å². The molecule has 0 aromatic carbocycles. The van der Waals surface area contributed by atoms with Crippen LogP contribution in [0.2, 0.25) is 0 Å². The summed E-state index contributed by atoms with van der Waals surface area (Å²) in [6.07, 6.45) is 0.746. The number of fused-ring (bicyclic) bond motifs is 1. The van der Waals surface area contributed by atoms with Crippen LogP contribution in [-0.4, -0.2) is 92.0 Å². The second kappa shape index (κ2) is 7.58. The zero-order chi connectivity index (χ0) is 17.2. The maximum atomic E-state index is 11.9. The lowest BCUT2D eigenvalue weighted by atomic mass is 10.0. The van der Waals surface area contributed by atoms with Crippen molar-refractivity contribution in [1.82, 2.24) is 14.7 Å². The van der Waals surface area contributed by atoms with Crippen molar-refractivity contribution in [3.63, 3.8) is 0 Å². The van der Waals surface area contributed by atoms with E-state index in [-0.39, 0.29) is 6.09 Å². The summed E-state index contributed by atoms with van der Waals surface area (Å²) in [6.45, 7) is 15.9. The van der Waals surface area contributed by atoms with Crippen LogP contribution >= 0.6 is 0 Å². The first-order valence-corrected chi connectivity index (χ1v) is 9.40. The van der Waals surface area contributed by atoms with Gasteiger partial charge in [-0.3, -0.25) is 4.90 Å². The molecular weight excluding hydrogens is 306 g/mol. The van der Waals surface area contributed by atoms with E-state index >= 15 is 0 Å². The molecule has 3 saturated heterocycles. The lowest BCUT2D eigenvalue weighted by molar-refractivity contribution is 0.0263. The van der Waals surface area contributed by atoms with E-state index in [0.29, 0.717) is 38.4 Å². The molecule has 0 N–H and O–H groups in total. The predicted molar refractivity (Wildman–Crippen MR) is 93.1 cm³/mol. The Morgan fingerprint density at radius 2 is 1.71 bits per heavy atom. The number of carbonyl (C=O) groups excluding carboxylic acids is 1. The lowest BCUT2D eigenvalue weighted by Crippen LogP contribution is -2.42. The Bertz CT molecular complexity index is 418. The summed E-state index contributed by atoms with van der Waals surface area (Å²) in [6, 6.07) is 0. The van der Waals surface area contributed by atoms with Crippen molar-refractivity contribution in [3.8, 4) is 0 Å². The Kier molecular flexibility index (Phi) is 5.67. The van der Waals surface area contributed by atoms with E-state index in [2.05, 4.69) is 30.6 Å². The van der Waals surface area contributed by atoms with E-state index in [4.69, 9.17) is 9.47 Å². The monoisotopic (exact) mass is 339 g/mol. The summed E-state index contributed by atoms with van der Waals surface area (Å²) in [7, 11) is 0. The summed E-state index contributed by atoms with van der Waals surface area (Å²) in [5, 5.41) is 0. The van der Waals surface area contributed by atoms with Crippen molar-refractivity contribution in [2.45, 2.75) is 32.7 Å². The zero-order valence-corrected chi connectivity index (χ0v) is 15.5. The van der Waals surface area contributed by atoms with Crippen LogP contribution < -0.4 is 0 Å². The summed E-state index contributed by atoms with van der Waals surface area (Å²) in [5.74, 6) is 1.64. The first-order chi connectivity index (χ1) is 11.4. The summed E-state index contributed by atoms with van der Waals surface area (Å²) >= 11 is 0. The molecule has 0 saturated carbocycles. The minimum absolute atomic E-state index is 0.183. The van der Waals surface area contributed by atoms with E-state index in [1.165, 1.54) is 26.2 Å². The van der Waals surface area contributed by atoms with Crippen molar-refractivity contribution >= 4 is 6.09 Å². The molecular formula is C18H33N3O3. The molecule has 0 radical (unpaired) electrons. The molecule has 0 bridgehead atoms. The Morgan fingerprint density at radius 3 is 2.29 bits per heavy atom. The fraction of sp³-hybridized carbons (Fsp3) is 0.944. The maximum Gasteiger partial charge on any atom is 0.409 e. The number of nitrogens with zero attached hydrogens (tertiary/aromatic N) is 3. The largest absolute Gasteiger partial charge is 0.449 e. The van der Waals surface area contributed by atoms with Crippen molar-refractivity contribution < 1.29 is 14.3 Å². The number of carbonyl (C=O) groups is 1. The summed E-state index contributed by atoms with van der Waals surface area (Å²) in [5.41, 5.74) is 0.295. The van der Waals surface area contributed by atoms with Gasteiger partial charge in [-0.2, -0.15) is 0 Å². The smallest absolute Gasteiger partial charge is 0.409 e. The van der Waals surface area contributed by atoms with Crippen LogP contribution in [-0.2, 0) is 9.47 Å². The molecule has 6 heteroatoms. The molecule has 138 valence electrons. The van der Waals surface area contributed by atoms with E-state index in [1.54, 1.807) is 4.90 Å². The average Bonchev–Trinajstić information content (AvgIpc) is 3.10. The maximum absolute atomic E-state index is 11.9. The SMILES string of the molecule is CC(C)(C)N1C[C@H]2CN(CCCOC(=O)N3CCOCC3)C[C@H]2C1. The standard InChI is InChI=1S/C18H33N3O3/c1-18(2,3)21-13-15-11-19(12-16(15)14-21)5-4-8-24-17(22)20-6-9-23-10-7-20/h15-16H,4-14H2,1-3H3/t15-,16+. The highest BCUT2D eigenvalue weighted by Gasteiger charge is 2.42. The minimum Gasteiger partial charge on any atom is -0.449 e. The number of hydrogen-bond donors (Lipinski definition) is 0. The van der Waals surface area contributed by atoms with Gasteiger partial charge in [-0.15, -0.1) is 0 Å². The molecule has 3 aliphatic rings. The zero-order valence-electron chi connectivity index (χ0n) is 15.5. The second-order valence-corrected chi connectivity index (χ2v) is 8.42. The van der Waals surface area contributed by atoms with Gasteiger partial charge >= 0.3 is 6.09 Å². The van der Waals surface area contributed by atoms with E-state index in [9.17, 15) is 4.79 Å². The third kappa shape index (κ3) is 4.41. The quantitative estimate of drug-likeness (QED) is 0.727. The Balaban J connectivity index is 1.30. The van der Waals surface area contributed by atoms with Gasteiger partial charge < -0.3 is 19.3 Å². The van der Waals surface area contributed by atoms with Gasteiger partial charge in [0, 0.05) is 51.4 Å². The van der Waals surface area contributed by atoms with Crippen LogP contribution in [0.4, 0.5) is 4.79 Å². The summed E-state index contributed by atoms with van der Waals surface area (Å²) < 4.78 is 10.6. The van der Waals surface area contributed by atoms with Gasteiger partial charge in [0.15, 0.2) is 0 Å². The lowest BCUT2D eigenvalue weighted by Gasteiger charge is -2.33. The Labute approximate surface area is 146 Å². The first-order valence-electron chi connectivity index (χ1n) is 9.40. The van der Waals surface area contributed by atoms with Gasteiger partial charge in [0.25, 0.3) is 0 Å². The highest BCUT2D eigenvalue weighted by Crippen LogP contribution is 2.34. The molecule has 0 aliphatic carbocycles. The van der Waals surface area contributed by atoms with E-state index in [1.807, 2.05) is 0 Å². The average molecular weight is 339 g/mol. The van der Waals surface area contributed by atoms with Gasteiger partial charge in [0.05, 0.1) is 19.8 Å². The molecule has 0 aromatic rings. The Hall–Kier alpha value is -0.850. The molecule has 0 spiro atoms. The molecule has 24 heavy (non-hydrogen) atoms. The molecule has 3 heterocycles. The van der Waals surface area contributed by atoms with Gasteiger partial charge in [-0.05, 0) is 39.0 Å².